The fraction of sp³-hybridized carbons (Fsp3) is 0.355. The van der Waals surface area contributed by atoms with Crippen LogP contribution in [0.25, 0.3) is 22.3 Å². The van der Waals surface area contributed by atoms with E-state index in [4.69, 9.17) is 21.1 Å². The molecule has 5 rings (SSSR count). The van der Waals surface area contributed by atoms with Gasteiger partial charge in [0.15, 0.2) is 0 Å². The molecule has 0 bridgehead atoms. The highest BCUT2D eigenvalue weighted by molar-refractivity contribution is 6.34. The molecule has 0 spiro atoms. The number of pyridine rings is 1. The van der Waals surface area contributed by atoms with Gasteiger partial charge in [-0.25, -0.2) is 19.0 Å². The lowest BCUT2D eigenvalue weighted by Crippen LogP contribution is -2.55. The number of rotatable bonds is 5. The molecule has 1 atom stereocenters. The molecular weight excluding hydrogens is 577 g/mol. The summed E-state index contributed by atoms with van der Waals surface area (Å²) in [6.07, 6.45) is -0.411. The maximum absolute atomic E-state index is 14.9. The highest BCUT2D eigenvalue weighted by Gasteiger charge is 2.32. The van der Waals surface area contributed by atoms with Gasteiger partial charge in [-0.15, -0.1) is 0 Å². The number of phenols is 1. The van der Waals surface area contributed by atoms with Gasteiger partial charge in [0.25, 0.3) is 0 Å². The molecule has 1 N–H and O–H groups in total. The zero-order chi connectivity index (χ0) is 31.1. The average Bonchev–Trinajstić information content (AvgIpc) is 2.94. The number of nitrogens with zero attached hydrogens (tertiary/aromatic N) is 5. The molecule has 1 aliphatic heterocycles. The first kappa shape index (κ1) is 30.1. The number of benzene rings is 2. The minimum Gasteiger partial charge on any atom is -0.507 e. The van der Waals surface area contributed by atoms with Crippen molar-refractivity contribution >= 4 is 34.5 Å². The number of methoxy groups -OCH3 is 1. The van der Waals surface area contributed by atoms with Gasteiger partial charge in [0, 0.05) is 25.7 Å². The number of hydrogen-bond acceptors (Lipinski definition) is 8. The predicted molar refractivity (Wildman–Crippen MR) is 163 cm³/mol. The SMILES string of the molecule is COc1ccc(Cn2c(=O)nc(N3CCN(C(=O)OC(C)(C)C)C[C@@H]3C)c3cc(Cl)c(-c4c(O)cccc4F)nc32)cc1. The van der Waals surface area contributed by atoms with Crippen LogP contribution >= 0.6 is 11.6 Å². The van der Waals surface area contributed by atoms with Crippen LogP contribution < -0.4 is 15.3 Å². The first-order chi connectivity index (χ1) is 20.4. The Balaban J connectivity index is 1.62. The second kappa shape index (κ2) is 11.7. The average molecular weight is 610 g/mol. The lowest BCUT2D eigenvalue weighted by molar-refractivity contribution is 0.0218. The maximum Gasteiger partial charge on any atom is 0.410 e. The molecule has 2 aromatic heterocycles. The molecule has 2 aromatic carbocycles. The highest BCUT2D eigenvalue weighted by Crippen LogP contribution is 2.38. The number of phenolic OH excluding ortho intramolecular Hbond substituents is 1. The van der Waals surface area contributed by atoms with E-state index in [0.29, 0.717) is 36.6 Å². The first-order valence-electron chi connectivity index (χ1n) is 13.8. The molecule has 12 heteroatoms. The molecule has 1 amide bonds. The Bertz CT molecular complexity index is 1720. The third-order valence-corrected chi connectivity index (χ3v) is 7.45. The molecule has 1 aliphatic rings. The Morgan fingerprint density at radius 3 is 2.49 bits per heavy atom. The van der Waals surface area contributed by atoms with Crippen LogP contribution in [-0.2, 0) is 11.3 Å². The smallest absolute Gasteiger partial charge is 0.410 e. The van der Waals surface area contributed by atoms with Gasteiger partial charge in [-0.1, -0.05) is 29.8 Å². The molecule has 10 nitrogen and oxygen atoms in total. The van der Waals surface area contributed by atoms with E-state index in [2.05, 4.69) is 9.97 Å². The monoisotopic (exact) mass is 609 g/mol. The quantitative estimate of drug-likeness (QED) is 0.318. The molecule has 43 heavy (non-hydrogen) atoms. The van der Waals surface area contributed by atoms with E-state index in [1.54, 1.807) is 30.2 Å². The van der Waals surface area contributed by atoms with Crippen LogP contribution in [0.3, 0.4) is 0 Å². The molecule has 0 aliphatic carbocycles. The molecule has 4 aromatic rings. The number of piperazine rings is 1. The number of halogens is 2. The van der Waals surface area contributed by atoms with Crippen molar-refractivity contribution in [1.82, 2.24) is 19.4 Å². The number of anilines is 1. The number of aromatic hydroxyl groups is 1. The van der Waals surface area contributed by atoms with E-state index in [1.165, 1.54) is 22.8 Å². The van der Waals surface area contributed by atoms with Gasteiger partial charge >= 0.3 is 11.8 Å². The van der Waals surface area contributed by atoms with Gasteiger partial charge in [-0.3, -0.25) is 4.57 Å². The van der Waals surface area contributed by atoms with Gasteiger partial charge < -0.3 is 24.4 Å². The third-order valence-electron chi connectivity index (χ3n) is 7.16. The summed E-state index contributed by atoms with van der Waals surface area (Å²) in [5, 5.41) is 11.0. The van der Waals surface area contributed by atoms with Crippen LogP contribution in [0.1, 0.15) is 33.3 Å². The predicted octanol–water partition coefficient (Wildman–Crippen LogP) is 5.46. The Morgan fingerprint density at radius 1 is 1.14 bits per heavy atom. The van der Waals surface area contributed by atoms with E-state index in [-0.39, 0.29) is 40.3 Å². The normalized spacial score (nSPS) is 15.6. The Labute approximate surface area is 253 Å². The van der Waals surface area contributed by atoms with Crippen LogP contribution in [-0.4, -0.2) is 69.0 Å². The Morgan fingerprint density at radius 2 is 1.86 bits per heavy atom. The van der Waals surface area contributed by atoms with E-state index >= 15 is 0 Å². The summed E-state index contributed by atoms with van der Waals surface area (Å²) in [5.74, 6) is -0.0323. The Kier molecular flexibility index (Phi) is 8.20. The van der Waals surface area contributed by atoms with Gasteiger partial charge in [-0.2, -0.15) is 4.98 Å². The van der Waals surface area contributed by atoms with Crippen LogP contribution in [0.4, 0.5) is 15.0 Å². The van der Waals surface area contributed by atoms with Crippen molar-refractivity contribution in [2.75, 3.05) is 31.6 Å². The summed E-state index contributed by atoms with van der Waals surface area (Å²) in [4.78, 5) is 39.1. The molecule has 0 radical (unpaired) electrons. The number of aromatic nitrogens is 3. The van der Waals surface area contributed by atoms with Crippen molar-refractivity contribution < 1.29 is 23.8 Å². The summed E-state index contributed by atoms with van der Waals surface area (Å²) in [5.41, 5.74) is -0.377. The zero-order valence-electron chi connectivity index (χ0n) is 24.6. The van der Waals surface area contributed by atoms with Crippen molar-refractivity contribution in [3.8, 4) is 22.8 Å². The van der Waals surface area contributed by atoms with Crippen molar-refractivity contribution in [3.63, 3.8) is 0 Å². The second-order valence-corrected chi connectivity index (χ2v) is 11.9. The van der Waals surface area contributed by atoms with Crippen LogP contribution in [0, 0.1) is 5.82 Å². The van der Waals surface area contributed by atoms with Crippen molar-refractivity contribution in [2.45, 2.75) is 45.9 Å². The van der Waals surface area contributed by atoms with Gasteiger partial charge in [-0.05, 0) is 63.6 Å². The minimum atomic E-state index is -0.709. The van der Waals surface area contributed by atoms with Gasteiger partial charge in [0.1, 0.15) is 34.4 Å². The summed E-state index contributed by atoms with van der Waals surface area (Å²) in [7, 11) is 1.57. The van der Waals surface area contributed by atoms with E-state index in [0.717, 1.165) is 5.56 Å². The lowest BCUT2D eigenvalue weighted by Gasteiger charge is -2.41. The van der Waals surface area contributed by atoms with Crippen LogP contribution in [0.15, 0.2) is 53.3 Å². The van der Waals surface area contributed by atoms with E-state index < -0.39 is 23.2 Å². The molecular formula is C31H33ClFN5O5. The van der Waals surface area contributed by atoms with E-state index in [9.17, 15) is 19.1 Å². The number of fused-ring (bicyclic) bond motifs is 1. The minimum absolute atomic E-state index is 0.00686. The van der Waals surface area contributed by atoms with E-state index in [1.807, 2.05) is 44.7 Å². The summed E-state index contributed by atoms with van der Waals surface area (Å²) < 4.78 is 27.1. The number of ether oxygens (including phenoxy) is 2. The zero-order valence-corrected chi connectivity index (χ0v) is 25.4. The number of hydrogen-bond donors (Lipinski definition) is 1. The number of carbonyl (C=O) groups excluding carboxylic acids is 1. The summed E-state index contributed by atoms with van der Waals surface area (Å²) in [6.45, 7) is 8.54. The highest BCUT2D eigenvalue weighted by atomic mass is 35.5. The number of carbonyl (C=O) groups is 1. The van der Waals surface area contributed by atoms with Crippen molar-refractivity contribution in [2.24, 2.45) is 0 Å². The second-order valence-electron chi connectivity index (χ2n) is 11.4. The third kappa shape index (κ3) is 6.22. The van der Waals surface area contributed by atoms with Gasteiger partial charge in [0.05, 0.1) is 35.3 Å². The standard InChI is InChI=1S/C31H33ClFN5O5/c1-18-16-36(30(41)43-31(2,3)4)13-14-37(18)28-21-15-22(32)26(25-23(33)7-6-8-24(25)39)34-27(21)38(29(40)35-28)17-19-9-11-20(42-5)12-10-19/h6-12,15,18,39H,13-14,16-17H2,1-5H3/t18-/m0/s1. The number of amides is 1. The van der Waals surface area contributed by atoms with Crippen molar-refractivity contribution in [1.29, 1.82) is 0 Å². The van der Waals surface area contributed by atoms with Crippen molar-refractivity contribution in [3.05, 3.63) is 75.4 Å². The lowest BCUT2D eigenvalue weighted by atomic mass is 10.1. The molecule has 0 saturated carbocycles. The fourth-order valence-electron chi connectivity index (χ4n) is 5.11. The summed E-state index contributed by atoms with van der Waals surface area (Å²) in [6, 6.07) is 12.5. The maximum atomic E-state index is 14.9. The van der Waals surface area contributed by atoms with Gasteiger partial charge in [0.2, 0.25) is 0 Å². The molecule has 1 fully saturated rings. The topological polar surface area (TPSA) is 110 Å². The Hall–Kier alpha value is -4.38. The molecule has 0 unspecified atom stereocenters. The van der Waals surface area contributed by atoms with Crippen LogP contribution in [0.5, 0.6) is 11.5 Å². The first-order valence-corrected chi connectivity index (χ1v) is 14.2. The fourth-order valence-corrected chi connectivity index (χ4v) is 5.36. The molecule has 3 heterocycles. The molecule has 226 valence electrons. The molecule has 1 saturated heterocycles. The largest absolute Gasteiger partial charge is 0.507 e. The van der Waals surface area contributed by atoms with Crippen LogP contribution in [0.2, 0.25) is 5.02 Å². The summed E-state index contributed by atoms with van der Waals surface area (Å²) >= 11 is 6.68.